The second-order valence-electron chi connectivity index (χ2n) is 2.96. The number of carbonyl (C=O) groups is 1. The van der Waals surface area contributed by atoms with Crippen molar-refractivity contribution in [2.75, 3.05) is 0 Å². The highest BCUT2D eigenvalue weighted by molar-refractivity contribution is 6.06. The molecule has 15 heavy (non-hydrogen) atoms. The Morgan fingerprint density at radius 2 is 2.20 bits per heavy atom. The molecular formula is C10H7FN2O2. The van der Waals surface area contributed by atoms with Gasteiger partial charge in [-0.15, -0.1) is 0 Å². The fourth-order valence-electron chi connectivity index (χ4n) is 1.43. The molecule has 0 unspecified atom stereocenters. The third-order valence-corrected chi connectivity index (χ3v) is 2.10. The molecule has 1 aromatic heterocycles. The summed E-state index contributed by atoms with van der Waals surface area (Å²) in [5, 5.41) is 9.54. The van der Waals surface area contributed by atoms with Gasteiger partial charge in [0.05, 0.1) is 5.56 Å². The van der Waals surface area contributed by atoms with E-state index in [1.54, 1.807) is 0 Å². The average molecular weight is 206 g/mol. The summed E-state index contributed by atoms with van der Waals surface area (Å²) < 4.78 is 13.4. The van der Waals surface area contributed by atoms with E-state index < -0.39 is 11.7 Å². The number of hydrogen-bond donors (Lipinski definition) is 2. The van der Waals surface area contributed by atoms with Crippen LogP contribution in [0.3, 0.4) is 0 Å². The number of nitrogens with one attached hydrogen (secondary N) is 1. The highest BCUT2D eigenvalue weighted by atomic mass is 19.1. The Balaban J connectivity index is 2.79. The van der Waals surface area contributed by atoms with Crippen molar-refractivity contribution in [1.29, 1.82) is 0 Å². The van der Waals surface area contributed by atoms with Crippen molar-refractivity contribution in [3.05, 3.63) is 42.0 Å². The van der Waals surface area contributed by atoms with Gasteiger partial charge in [0.25, 0.3) is 5.91 Å². The van der Waals surface area contributed by atoms with Crippen LogP contribution < -0.4 is 5.48 Å². The molecule has 0 aliphatic carbocycles. The highest BCUT2D eigenvalue weighted by Crippen LogP contribution is 2.20. The van der Waals surface area contributed by atoms with E-state index in [1.807, 2.05) is 0 Å². The Hall–Kier alpha value is -2.01. The predicted octanol–water partition coefficient (Wildman–Crippen LogP) is 1.49. The van der Waals surface area contributed by atoms with Gasteiger partial charge < -0.3 is 0 Å². The Morgan fingerprint density at radius 3 is 2.93 bits per heavy atom. The summed E-state index contributed by atoms with van der Waals surface area (Å²) in [5.41, 5.74) is 1.23. The van der Waals surface area contributed by atoms with Crippen molar-refractivity contribution in [2.45, 2.75) is 0 Å². The van der Waals surface area contributed by atoms with Gasteiger partial charge in [0.1, 0.15) is 5.82 Å². The fraction of sp³-hybridized carbons (Fsp3) is 0. The van der Waals surface area contributed by atoms with E-state index in [2.05, 4.69) is 4.98 Å². The van der Waals surface area contributed by atoms with Crippen LogP contribution in [0.25, 0.3) is 10.8 Å². The number of hydroxylamine groups is 1. The molecule has 0 atom stereocenters. The van der Waals surface area contributed by atoms with Gasteiger partial charge in [-0.05, 0) is 18.2 Å². The van der Waals surface area contributed by atoms with Crippen LogP contribution in [0.1, 0.15) is 10.4 Å². The van der Waals surface area contributed by atoms with E-state index in [-0.39, 0.29) is 5.56 Å². The lowest BCUT2D eigenvalue weighted by molar-refractivity contribution is 0.0704. The van der Waals surface area contributed by atoms with Gasteiger partial charge in [-0.2, -0.15) is 0 Å². The Bertz CT molecular complexity index is 528. The molecule has 2 rings (SSSR count). The van der Waals surface area contributed by atoms with Crippen molar-refractivity contribution in [1.82, 2.24) is 10.5 Å². The number of nitrogens with zero attached hydrogens (tertiary/aromatic N) is 1. The van der Waals surface area contributed by atoms with E-state index in [0.29, 0.717) is 10.8 Å². The van der Waals surface area contributed by atoms with Crippen LogP contribution in [-0.4, -0.2) is 16.1 Å². The van der Waals surface area contributed by atoms with Crippen LogP contribution in [0.5, 0.6) is 0 Å². The molecule has 76 valence electrons. The molecule has 1 aromatic carbocycles. The van der Waals surface area contributed by atoms with E-state index in [0.717, 1.165) is 6.07 Å². The first kappa shape index (κ1) is 9.54. The number of amides is 1. The largest absolute Gasteiger partial charge is 0.288 e. The van der Waals surface area contributed by atoms with Gasteiger partial charge >= 0.3 is 0 Å². The molecule has 0 fully saturated rings. The summed E-state index contributed by atoms with van der Waals surface area (Å²) in [6.07, 6.45) is 2.97. The molecular weight excluding hydrogens is 199 g/mol. The van der Waals surface area contributed by atoms with Crippen LogP contribution in [-0.2, 0) is 0 Å². The number of halogens is 1. The minimum atomic E-state index is -0.871. The second-order valence-corrected chi connectivity index (χ2v) is 2.96. The maximum absolute atomic E-state index is 13.4. The molecule has 0 saturated carbocycles. The smallest absolute Gasteiger partial charge is 0.278 e. The summed E-state index contributed by atoms with van der Waals surface area (Å²) in [6.45, 7) is 0. The first-order valence-electron chi connectivity index (χ1n) is 4.20. The molecule has 0 radical (unpaired) electrons. The molecule has 4 nitrogen and oxygen atoms in total. The van der Waals surface area contributed by atoms with E-state index in [9.17, 15) is 9.18 Å². The molecule has 0 bridgehead atoms. The van der Waals surface area contributed by atoms with Gasteiger partial charge in [-0.1, -0.05) is 0 Å². The van der Waals surface area contributed by atoms with Crippen molar-refractivity contribution < 1.29 is 14.4 Å². The zero-order valence-corrected chi connectivity index (χ0v) is 7.57. The van der Waals surface area contributed by atoms with E-state index >= 15 is 0 Å². The molecule has 1 heterocycles. The SMILES string of the molecule is O=C(NO)c1c(F)ccc2cnccc12. The molecule has 0 aliphatic rings. The summed E-state index contributed by atoms with van der Waals surface area (Å²) in [6, 6.07) is 4.20. The first-order valence-corrected chi connectivity index (χ1v) is 4.20. The number of benzene rings is 1. The Morgan fingerprint density at radius 1 is 1.40 bits per heavy atom. The lowest BCUT2D eigenvalue weighted by atomic mass is 10.1. The van der Waals surface area contributed by atoms with Gasteiger partial charge in [-0.3, -0.25) is 15.0 Å². The molecule has 0 aliphatic heterocycles. The fourth-order valence-corrected chi connectivity index (χ4v) is 1.43. The van der Waals surface area contributed by atoms with E-state index in [1.165, 1.54) is 30.0 Å². The van der Waals surface area contributed by atoms with Crippen molar-refractivity contribution in [3.8, 4) is 0 Å². The Labute approximate surface area is 84.3 Å². The van der Waals surface area contributed by atoms with Gasteiger partial charge in [0.2, 0.25) is 0 Å². The average Bonchev–Trinajstić information content (AvgIpc) is 2.28. The second kappa shape index (κ2) is 3.62. The zero-order chi connectivity index (χ0) is 10.8. The van der Waals surface area contributed by atoms with Crippen molar-refractivity contribution in [3.63, 3.8) is 0 Å². The van der Waals surface area contributed by atoms with Crippen LogP contribution in [0.15, 0.2) is 30.6 Å². The molecule has 2 N–H and O–H groups in total. The van der Waals surface area contributed by atoms with Crippen LogP contribution in [0.4, 0.5) is 4.39 Å². The lowest BCUT2D eigenvalue weighted by Gasteiger charge is -2.05. The first-order chi connectivity index (χ1) is 7.24. The van der Waals surface area contributed by atoms with Crippen LogP contribution >= 0.6 is 0 Å². The Kier molecular flexibility index (Phi) is 2.31. The molecule has 5 heteroatoms. The van der Waals surface area contributed by atoms with Gasteiger partial charge in [0.15, 0.2) is 0 Å². The third-order valence-electron chi connectivity index (χ3n) is 2.10. The van der Waals surface area contributed by atoms with Crippen molar-refractivity contribution >= 4 is 16.7 Å². The van der Waals surface area contributed by atoms with Crippen LogP contribution in [0, 0.1) is 5.82 Å². The standard InChI is InChI=1S/C10H7FN2O2/c11-8-2-1-6-5-12-4-3-7(6)9(8)10(14)13-15/h1-5,15H,(H,13,14). The number of fused-ring (bicyclic) bond motifs is 1. The summed E-state index contributed by atoms with van der Waals surface area (Å²) in [5.74, 6) is -1.55. The molecule has 0 spiro atoms. The summed E-state index contributed by atoms with van der Waals surface area (Å²) in [7, 11) is 0. The summed E-state index contributed by atoms with van der Waals surface area (Å²) >= 11 is 0. The van der Waals surface area contributed by atoms with E-state index in [4.69, 9.17) is 5.21 Å². The number of rotatable bonds is 1. The molecule has 2 aromatic rings. The maximum atomic E-state index is 13.4. The van der Waals surface area contributed by atoms with Crippen LogP contribution in [0.2, 0.25) is 0 Å². The van der Waals surface area contributed by atoms with Gasteiger partial charge in [0, 0.05) is 23.2 Å². The summed E-state index contributed by atoms with van der Waals surface area (Å²) in [4.78, 5) is 15.1. The number of carbonyl (C=O) groups excluding carboxylic acids is 1. The molecule has 1 amide bonds. The normalized spacial score (nSPS) is 10.3. The third kappa shape index (κ3) is 1.53. The number of pyridine rings is 1. The van der Waals surface area contributed by atoms with Gasteiger partial charge in [-0.25, -0.2) is 9.87 Å². The maximum Gasteiger partial charge on any atom is 0.278 e. The minimum absolute atomic E-state index is 0.183. The number of hydrogen-bond acceptors (Lipinski definition) is 3. The quantitative estimate of drug-likeness (QED) is 0.549. The topological polar surface area (TPSA) is 62.2 Å². The van der Waals surface area contributed by atoms with Crippen molar-refractivity contribution in [2.24, 2.45) is 0 Å². The molecule has 0 saturated heterocycles. The monoisotopic (exact) mass is 206 g/mol. The highest BCUT2D eigenvalue weighted by Gasteiger charge is 2.14. The predicted molar refractivity (Wildman–Crippen MR) is 51.0 cm³/mol. The number of aromatic nitrogens is 1. The zero-order valence-electron chi connectivity index (χ0n) is 7.57. The lowest BCUT2D eigenvalue weighted by Crippen LogP contribution is -2.20. The minimum Gasteiger partial charge on any atom is -0.288 e.